The Morgan fingerprint density at radius 2 is 1.79 bits per heavy atom. The molecule has 2 atom stereocenters. The van der Waals surface area contributed by atoms with E-state index in [0.29, 0.717) is 23.6 Å². The average Bonchev–Trinajstić information content (AvgIpc) is 2.81. The van der Waals surface area contributed by atoms with Gasteiger partial charge >= 0.3 is 6.09 Å². The van der Waals surface area contributed by atoms with Crippen LogP contribution < -0.4 is 19.7 Å². The number of hydrogen-bond donors (Lipinski definition) is 1. The second-order valence-electron chi connectivity index (χ2n) is 8.13. The van der Waals surface area contributed by atoms with Crippen LogP contribution in [0.3, 0.4) is 0 Å². The first-order valence-electron chi connectivity index (χ1n) is 10.9. The number of amides is 2. The minimum Gasteiger partial charge on any atom is -0.493 e. The molecule has 3 rings (SSSR count). The molecule has 0 spiro atoms. The van der Waals surface area contributed by atoms with Crippen LogP contribution >= 0.6 is 0 Å². The summed E-state index contributed by atoms with van der Waals surface area (Å²) in [6, 6.07) is 9.28. The van der Waals surface area contributed by atoms with Gasteiger partial charge in [0.2, 0.25) is 0 Å². The van der Waals surface area contributed by atoms with Crippen molar-refractivity contribution in [3.63, 3.8) is 0 Å². The number of sulfone groups is 1. The zero-order valence-corrected chi connectivity index (χ0v) is 20.8. The van der Waals surface area contributed by atoms with Gasteiger partial charge in [-0.3, -0.25) is 9.69 Å². The summed E-state index contributed by atoms with van der Waals surface area (Å²) in [5, 5.41) is 2.90. The molecule has 1 aliphatic rings. The number of nitrogens with one attached hydrogen (secondary N) is 1. The maximum Gasteiger partial charge on any atom is 0.414 e. The van der Waals surface area contributed by atoms with Crippen LogP contribution in [0.25, 0.3) is 0 Å². The lowest BCUT2D eigenvalue weighted by Crippen LogP contribution is -2.45. The van der Waals surface area contributed by atoms with E-state index in [1.807, 2.05) is 13.0 Å². The second kappa shape index (κ2) is 10.3. The van der Waals surface area contributed by atoms with E-state index in [1.165, 1.54) is 32.4 Å². The van der Waals surface area contributed by atoms with Gasteiger partial charge in [-0.05, 0) is 50.1 Å². The smallest absolute Gasteiger partial charge is 0.414 e. The van der Waals surface area contributed by atoms with Gasteiger partial charge in [-0.15, -0.1) is 0 Å². The van der Waals surface area contributed by atoms with Crippen molar-refractivity contribution in [1.82, 2.24) is 5.32 Å². The highest BCUT2D eigenvalue weighted by atomic mass is 32.2. The number of benzene rings is 2. The molecule has 9 nitrogen and oxygen atoms in total. The van der Waals surface area contributed by atoms with E-state index in [9.17, 15) is 18.0 Å². The van der Waals surface area contributed by atoms with Crippen molar-refractivity contribution in [2.24, 2.45) is 0 Å². The summed E-state index contributed by atoms with van der Waals surface area (Å²) in [6.07, 6.45) is 1.22. The van der Waals surface area contributed by atoms with E-state index >= 15 is 0 Å². The van der Waals surface area contributed by atoms with Crippen LogP contribution in [0, 0.1) is 0 Å². The van der Waals surface area contributed by atoms with Crippen LogP contribution in [-0.2, 0) is 14.6 Å². The summed E-state index contributed by atoms with van der Waals surface area (Å²) in [4.78, 5) is 27.2. The zero-order valence-electron chi connectivity index (χ0n) is 20.0. The third-order valence-electron chi connectivity index (χ3n) is 5.80. The van der Waals surface area contributed by atoms with Gasteiger partial charge in [0.1, 0.15) is 0 Å². The maximum atomic E-state index is 12.8. The predicted molar refractivity (Wildman–Crippen MR) is 128 cm³/mol. The van der Waals surface area contributed by atoms with Crippen molar-refractivity contribution in [3.8, 4) is 11.5 Å². The second-order valence-corrected chi connectivity index (χ2v) is 10.1. The van der Waals surface area contributed by atoms with Crippen LogP contribution in [-0.4, -0.2) is 60.1 Å². The molecular formula is C24H30N2O7S. The van der Waals surface area contributed by atoms with Gasteiger partial charge in [-0.2, -0.15) is 0 Å². The molecule has 2 amide bonds. The normalized spacial score (nSPS) is 17.5. The molecule has 1 heterocycles. The Labute approximate surface area is 199 Å². The van der Waals surface area contributed by atoms with Crippen LogP contribution in [0.5, 0.6) is 11.5 Å². The number of fused-ring (bicyclic) bond motifs is 1. The zero-order chi connectivity index (χ0) is 25.0. The van der Waals surface area contributed by atoms with Crippen molar-refractivity contribution in [1.29, 1.82) is 0 Å². The number of ether oxygens (including phenoxy) is 3. The summed E-state index contributed by atoms with van der Waals surface area (Å²) in [5.41, 5.74) is 1.70. The summed E-state index contributed by atoms with van der Waals surface area (Å²) in [5.74, 6) is 0.479. The first kappa shape index (κ1) is 25.4. The first-order chi connectivity index (χ1) is 16.1. The predicted octanol–water partition coefficient (Wildman–Crippen LogP) is 3.38. The molecule has 1 N–H and O–H groups in total. The van der Waals surface area contributed by atoms with Gasteiger partial charge in [0.15, 0.2) is 21.3 Å². The summed E-state index contributed by atoms with van der Waals surface area (Å²) >= 11 is 0. The lowest BCUT2D eigenvalue weighted by Gasteiger charge is -2.39. The fourth-order valence-electron chi connectivity index (χ4n) is 4.15. The van der Waals surface area contributed by atoms with Crippen molar-refractivity contribution in [2.45, 2.75) is 37.1 Å². The Morgan fingerprint density at radius 1 is 1.12 bits per heavy atom. The Balaban J connectivity index is 1.91. The fraction of sp³-hybridized carbons (Fsp3) is 0.417. The number of carbonyl (C=O) groups excluding carboxylic acids is 2. The molecule has 1 aliphatic heterocycles. The van der Waals surface area contributed by atoms with Gasteiger partial charge < -0.3 is 19.5 Å². The Hall–Kier alpha value is -3.27. The Bertz CT molecular complexity index is 1180. The molecule has 34 heavy (non-hydrogen) atoms. The van der Waals surface area contributed by atoms with Crippen molar-refractivity contribution >= 4 is 27.5 Å². The third-order valence-corrected chi connectivity index (χ3v) is 6.91. The summed E-state index contributed by atoms with van der Waals surface area (Å²) < 4.78 is 39.8. The molecule has 2 aromatic carbocycles. The van der Waals surface area contributed by atoms with E-state index in [1.54, 1.807) is 24.0 Å². The highest BCUT2D eigenvalue weighted by molar-refractivity contribution is 7.90. The van der Waals surface area contributed by atoms with E-state index in [-0.39, 0.29) is 41.5 Å². The van der Waals surface area contributed by atoms with E-state index in [0.717, 1.165) is 11.8 Å². The molecule has 2 unspecified atom stereocenters. The Morgan fingerprint density at radius 3 is 2.41 bits per heavy atom. The standard InChI is InChI=1S/C24H30N2O7S/c1-6-33-24(28)26-15(2)10-17(19-12-21(31-3)22(32-4)13-20(19)26)14-25-23(27)16-8-7-9-18(11-16)34(5,29)30/h7-9,11-13,15,17H,6,10,14H2,1-5H3,(H,25,27). The number of carbonyl (C=O) groups is 2. The van der Waals surface area contributed by atoms with Crippen molar-refractivity contribution in [3.05, 3.63) is 47.5 Å². The number of nitrogens with zero attached hydrogens (tertiary/aromatic N) is 1. The molecule has 0 aliphatic carbocycles. The average molecular weight is 491 g/mol. The van der Waals surface area contributed by atoms with Crippen LogP contribution in [0.1, 0.15) is 42.1 Å². The molecule has 0 aromatic heterocycles. The van der Waals surface area contributed by atoms with E-state index in [4.69, 9.17) is 14.2 Å². The molecule has 0 saturated heterocycles. The third kappa shape index (κ3) is 5.27. The van der Waals surface area contributed by atoms with Crippen LogP contribution in [0.15, 0.2) is 41.3 Å². The monoisotopic (exact) mass is 490 g/mol. The molecule has 0 saturated carbocycles. The van der Waals surface area contributed by atoms with E-state index in [2.05, 4.69) is 5.32 Å². The van der Waals surface area contributed by atoms with E-state index < -0.39 is 15.9 Å². The molecule has 0 bridgehead atoms. The number of methoxy groups -OCH3 is 2. The van der Waals surface area contributed by atoms with Gasteiger partial charge in [0, 0.05) is 36.4 Å². The first-order valence-corrected chi connectivity index (χ1v) is 12.8. The van der Waals surface area contributed by atoms with Gasteiger partial charge in [0.25, 0.3) is 5.91 Å². The molecule has 0 fully saturated rings. The molecule has 184 valence electrons. The minimum absolute atomic E-state index is 0.0821. The van der Waals surface area contributed by atoms with Crippen LogP contribution in [0.2, 0.25) is 0 Å². The van der Waals surface area contributed by atoms with Crippen LogP contribution in [0.4, 0.5) is 10.5 Å². The van der Waals surface area contributed by atoms with Gasteiger partial charge in [0.05, 0.1) is 31.4 Å². The molecule has 10 heteroatoms. The quantitative estimate of drug-likeness (QED) is 0.633. The minimum atomic E-state index is -3.43. The highest BCUT2D eigenvalue weighted by Crippen LogP contribution is 2.44. The van der Waals surface area contributed by atoms with Crippen molar-refractivity contribution in [2.75, 3.05) is 38.5 Å². The molecule has 0 radical (unpaired) electrons. The summed E-state index contributed by atoms with van der Waals surface area (Å²) in [7, 11) is -0.377. The largest absolute Gasteiger partial charge is 0.493 e. The fourth-order valence-corrected chi connectivity index (χ4v) is 4.82. The maximum absolute atomic E-state index is 12.8. The number of anilines is 1. The molecular weight excluding hydrogens is 460 g/mol. The SMILES string of the molecule is CCOC(=O)N1c2cc(OC)c(OC)cc2C(CNC(=O)c2cccc(S(C)(=O)=O)c2)CC1C. The van der Waals surface area contributed by atoms with Crippen molar-refractivity contribution < 1.29 is 32.2 Å². The lowest BCUT2D eigenvalue weighted by atomic mass is 9.85. The lowest BCUT2D eigenvalue weighted by molar-refractivity contribution is 0.0949. The topological polar surface area (TPSA) is 111 Å². The Kier molecular flexibility index (Phi) is 7.71. The number of rotatable bonds is 7. The molecule has 2 aromatic rings. The van der Waals surface area contributed by atoms with Gasteiger partial charge in [-0.1, -0.05) is 6.07 Å². The summed E-state index contributed by atoms with van der Waals surface area (Å²) in [6.45, 7) is 4.20. The highest BCUT2D eigenvalue weighted by Gasteiger charge is 2.36. The number of hydrogen-bond acceptors (Lipinski definition) is 7. The van der Waals surface area contributed by atoms with Gasteiger partial charge in [-0.25, -0.2) is 13.2 Å².